The summed E-state index contributed by atoms with van der Waals surface area (Å²) in [6.07, 6.45) is 3.67. The lowest BCUT2D eigenvalue weighted by Gasteiger charge is -2.19. The highest BCUT2D eigenvalue weighted by Gasteiger charge is 2.22. The van der Waals surface area contributed by atoms with Crippen LogP contribution in [0.4, 0.5) is 16.2 Å². The van der Waals surface area contributed by atoms with E-state index in [1.807, 2.05) is 48.7 Å². The van der Waals surface area contributed by atoms with Gasteiger partial charge in [-0.3, -0.25) is 4.98 Å². The third-order valence-corrected chi connectivity index (χ3v) is 7.04. The molecule has 2 heterocycles. The molecular weight excluding hydrogens is 515 g/mol. The molecule has 0 aliphatic heterocycles. The SMILES string of the molecule is COc1nc2ccc(Cl)cc2c(-c2ccccc2Cl)c1NC(=O)Nc1c(SC)ccc2ncccc12. The van der Waals surface area contributed by atoms with Crippen LogP contribution in [-0.4, -0.2) is 29.4 Å². The standard InChI is InChI=1S/C27H20Cl2N4O2S/c1-35-26-25(33-27(34)32-24-17-7-5-13-30-20(17)11-12-22(24)36-2)23(16-6-3-4-8-19(16)29)18-14-15(28)9-10-21(18)31-26/h3-14H,1-2H3,(H2,32,33,34). The maximum absolute atomic E-state index is 13.4. The van der Waals surface area contributed by atoms with Gasteiger partial charge in [0.25, 0.3) is 0 Å². The van der Waals surface area contributed by atoms with Crippen molar-refractivity contribution in [3.05, 3.63) is 83.0 Å². The Labute approximate surface area is 222 Å². The van der Waals surface area contributed by atoms with Gasteiger partial charge < -0.3 is 15.4 Å². The van der Waals surface area contributed by atoms with Crippen molar-refractivity contribution in [3.63, 3.8) is 0 Å². The van der Waals surface area contributed by atoms with Crippen molar-refractivity contribution < 1.29 is 9.53 Å². The topological polar surface area (TPSA) is 76.1 Å². The third-order valence-electron chi connectivity index (χ3n) is 5.69. The van der Waals surface area contributed by atoms with Gasteiger partial charge in [0.2, 0.25) is 5.88 Å². The lowest BCUT2D eigenvalue weighted by molar-refractivity contribution is 0.262. The van der Waals surface area contributed by atoms with E-state index in [-0.39, 0.29) is 5.88 Å². The van der Waals surface area contributed by atoms with Crippen LogP contribution in [0.3, 0.4) is 0 Å². The zero-order chi connectivity index (χ0) is 25.2. The summed E-state index contributed by atoms with van der Waals surface area (Å²) in [5.74, 6) is 0.250. The number of rotatable bonds is 5. The van der Waals surface area contributed by atoms with Gasteiger partial charge in [0.1, 0.15) is 5.69 Å². The van der Waals surface area contributed by atoms with Crippen molar-refractivity contribution in [2.24, 2.45) is 0 Å². The van der Waals surface area contributed by atoms with E-state index >= 15 is 0 Å². The Kier molecular flexibility index (Phi) is 6.87. The van der Waals surface area contributed by atoms with Crippen LogP contribution in [0.25, 0.3) is 32.9 Å². The largest absolute Gasteiger partial charge is 0.479 e. The number of urea groups is 1. The van der Waals surface area contributed by atoms with Gasteiger partial charge in [0, 0.05) is 43.0 Å². The Morgan fingerprint density at radius 3 is 2.47 bits per heavy atom. The monoisotopic (exact) mass is 534 g/mol. The van der Waals surface area contributed by atoms with Gasteiger partial charge in [-0.2, -0.15) is 0 Å². The molecule has 0 spiro atoms. The molecule has 180 valence electrons. The van der Waals surface area contributed by atoms with Crippen molar-refractivity contribution in [3.8, 4) is 17.0 Å². The van der Waals surface area contributed by atoms with Gasteiger partial charge in [-0.1, -0.05) is 41.4 Å². The molecule has 0 atom stereocenters. The molecule has 36 heavy (non-hydrogen) atoms. The molecule has 0 aliphatic carbocycles. The summed E-state index contributed by atoms with van der Waals surface area (Å²) in [5.41, 5.74) is 3.85. The van der Waals surface area contributed by atoms with Crippen molar-refractivity contribution in [1.29, 1.82) is 0 Å². The summed E-state index contributed by atoms with van der Waals surface area (Å²) in [6.45, 7) is 0. The number of hydrogen-bond donors (Lipinski definition) is 2. The van der Waals surface area contributed by atoms with Gasteiger partial charge in [-0.25, -0.2) is 9.78 Å². The average Bonchev–Trinajstić information content (AvgIpc) is 2.89. The first-order chi connectivity index (χ1) is 17.5. The molecule has 6 nitrogen and oxygen atoms in total. The molecule has 0 fully saturated rings. The summed E-state index contributed by atoms with van der Waals surface area (Å²) in [7, 11) is 1.51. The molecule has 0 bridgehead atoms. The average molecular weight is 535 g/mol. The van der Waals surface area contributed by atoms with Crippen LogP contribution in [0.1, 0.15) is 0 Å². The molecule has 9 heteroatoms. The normalized spacial score (nSPS) is 11.0. The number of halogens is 2. The Morgan fingerprint density at radius 1 is 0.917 bits per heavy atom. The summed E-state index contributed by atoms with van der Waals surface area (Å²) in [4.78, 5) is 23.4. The molecule has 3 aromatic carbocycles. The molecule has 0 unspecified atom stereocenters. The summed E-state index contributed by atoms with van der Waals surface area (Å²) < 4.78 is 5.61. The molecule has 2 N–H and O–H groups in total. The fourth-order valence-corrected chi connectivity index (χ4v) is 5.08. The number of pyridine rings is 2. The van der Waals surface area contributed by atoms with Crippen LogP contribution in [0, 0.1) is 0 Å². The van der Waals surface area contributed by atoms with E-state index in [2.05, 4.69) is 20.6 Å². The highest BCUT2D eigenvalue weighted by atomic mass is 35.5. The maximum atomic E-state index is 13.4. The second kappa shape index (κ2) is 10.2. The number of hydrogen-bond acceptors (Lipinski definition) is 5. The first kappa shape index (κ1) is 24.2. The number of benzene rings is 3. The Bertz CT molecular complexity index is 1630. The summed E-state index contributed by atoms with van der Waals surface area (Å²) in [6, 6.07) is 19.9. The molecule has 0 radical (unpaired) electrons. The van der Waals surface area contributed by atoms with E-state index in [4.69, 9.17) is 27.9 Å². The van der Waals surface area contributed by atoms with Crippen LogP contribution in [-0.2, 0) is 0 Å². The van der Waals surface area contributed by atoms with Crippen molar-refractivity contribution in [2.45, 2.75) is 4.90 Å². The zero-order valence-corrected chi connectivity index (χ0v) is 21.6. The van der Waals surface area contributed by atoms with E-state index < -0.39 is 6.03 Å². The number of amides is 2. The smallest absolute Gasteiger partial charge is 0.323 e. The van der Waals surface area contributed by atoms with Crippen LogP contribution in [0.15, 0.2) is 77.8 Å². The minimum atomic E-state index is -0.462. The first-order valence-corrected chi connectivity index (χ1v) is 12.9. The number of aromatic nitrogens is 2. The highest BCUT2D eigenvalue weighted by molar-refractivity contribution is 7.98. The van der Waals surface area contributed by atoms with Crippen LogP contribution >= 0.6 is 35.0 Å². The van der Waals surface area contributed by atoms with E-state index in [1.54, 1.807) is 30.5 Å². The molecule has 0 saturated heterocycles. The maximum Gasteiger partial charge on any atom is 0.323 e. The fourth-order valence-electron chi connectivity index (χ4n) is 4.11. The van der Waals surface area contributed by atoms with Crippen LogP contribution in [0.5, 0.6) is 5.88 Å². The van der Waals surface area contributed by atoms with Gasteiger partial charge >= 0.3 is 6.03 Å². The highest BCUT2D eigenvalue weighted by Crippen LogP contribution is 2.43. The number of carbonyl (C=O) groups is 1. The molecule has 2 amide bonds. The van der Waals surface area contributed by atoms with E-state index in [1.165, 1.54) is 18.9 Å². The van der Waals surface area contributed by atoms with Crippen LogP contribution in [0.2, 0.25) is 10.0 Å². The van der Waals surface area contributed by atoms with Crippen molar-refractivity contribution in [2.75, 3.05) is 24.0 Å². The number of nitrogens with one attached hydrogen (secondary N) is 2. The second-order valence-corrected chi connectivity index (χ2v) is 9.50. The quantitative estimate of drug-likeness (QED) is 0.222. The molecule has 0 saturated carbocycles. The third kappa shape index (κ3) is 4.53. The number of methoxy groups -OCH3 is 1. The Morgan fingerprint density at radius 2 is 1.69 bits per heavy atom. The van der Waals surface area contributed by atoms with Crippen LogP contribution < -0.4 is 15.4 Å². The number of fused-ring (bicyclic) bond motifs is 2. The molecule has 5 aromatic rings. The van der Waals surface area contributed by atoms with Gasteiger partial charge in [0.05, 0.1) is 23.8 Å². The summed E-state index contributed by atoms with van der Waals surface area (Å²) >= 11 is 14.5. The van der Waals surface area contributed by atoms with E-state index in [0.29, 0.717) is 38.1 Å². The molecule has 2 aromatic heterocycles. The zero-order valence-electron chi connectivity index (χ0n) is 19.3. The van der Waals surface area contributed by atoms with Gasteiger partial charge in [0.15, 0.2) is 0 Å². The number of nitrogens with zero attached hydrogens (tertiary/aromatic N) is 2. The Balaban J connectivity index is 1.66. The molecular formula is C27H20Cl2N4O2S. The minimum absolute atomic E-state index is 0.250. The van der Waals surface area contributed by atoms with Gasteiger partial charge in [-0.15, -0.1) is 11.8 Å². The lowest BCUT2D eigenvalue weighted by Crippen LogP contribution is -2.21. The minimum Gasteiger partial charge on any atom is -0.479 e. The van der Waals surface area contributed by atoms with E-state index in [0.717, 1.165) is 21.2 Å². The first-order valence-electron chi connectivity index (χ1n) is 10.9. The predicted molar refractivity (Wildman–Crippen MR) is 150 cm³/mol. The van der Waals surface area contributed by atoms with E-state index in [9.17, 15) is 4.79 Å². The second-order valence-electron chi connectivity index (χ2n) is 7.80. The summed E-state index contributed by atoms with van der Waals surface area (Å²) in [5, 5.41) is 8.58. The Hall–Kier alpha value is -3.52. The predicted octanol–water partition coefficient (Wildman–Crippen LogP) is 8.13. The number of ether oxygens (including phenoxy) is 1. The fraction of sp³-hybridized carbons (Fsp3) is 0.0741. The lowest BCUT2D eigenvalue weighted by atomic mass is 9.99. The number of thioether (sulfide) groups is 1. The van der Waals surface area contributed by atoms with Crippen molar-refractivity contribution in [1.82, 2.24) is 9.97 Å². The molecule has 0 aliphatic rings. The number of carbonyl (C=O) groups excluding carboxylic acids is 1. The number of anilines is 2. The van der Waals surface area contributed by atoms with Gasteiger partial charge in [-0.05, 0) is 54.8 Å². The van der Waals surface area contributed by atoms with Crippen molar-refractivity contribution >= 4 is 74.2 Å². The molecule has 5 rings (SSSR count).